The van der Waals surface area contributed by atoms with Gasteiger partial charge in [0.2, 0.25) is 20.0 Å². The Morgan fingerprint density at radius 1 is 1.25 bits per heavy atom. The Hall–Kier alpha value is -1.49. The minimum atomic E-state index is -3.77. The molecule has 1 heterocycles. The van der Waals surface area contributed by atoms with Crippen molar-refractivity contribution in [2.45, 2.75) is 18.2 Å². The zero-order valence-corrected chi connectivity index (χ0v) is 14.8. The summed E-state index contributed by atoms with van der Waals surface area (Å²) in [5, 5.41) is 9.15. The molecular formula is C14H20N2O6S2. The molecule has 1 aliphatic heterocycles. The van der Waals surface area contributed by atoms with Crippen LogP contribution in [0.25, 0.3) is 0 Å². The molecule has 0 bridgehead atoms. The van der Waals surface area contributed by atoms with Gasteiger partial charge < -0.3 is 5.11 Å². The highest BCUT2D eigenvalue weighted by Crippen LogP contribution is 2.31. The normalized spacial score (nSPS) is 22.5. The first-order valence-corrected chi connectivity index (χ1v) is 10.4. The molecule has 2 N–H and O–H groups in total. The van der Waals surface area contributed by atoms with Gasteiger partial charge in [0, 0.05) is 19.6 Å². The summed E-state index contributed by atoms with van der Waals surface area (Å²) in [5.74, 6) is -1.46. The predicted octanol–water partition coefficient (Wildman–Crippen LogP) is 0.0913. The molecule has 1 atom stereocenters. The summed E-state index contributed by atoms with van der Waals surface area (Å²) in [6, 6.07) is 7.64. The van der Waals surface area contributed by atoms with Gasteiger partial charge in [0.15, 0.2) is 0 Å². The summed E-state index contributed by atoms with van der Waals surface area (Å²) in [6.45, 7) is 1.25. The van der Waals surface area contributed by atoms with E-state index in [-0.39, 0.29) is 31.0 Å². The first kappa shape index (κ1) is 18.8. The third kappa shape index (κ3) is 4.12. The van der Waals surface area contributed by atoms with E-state index in [1.807, 2.05) is 0 Å². The van der Waals surface area contributed by atoms with E-state index in [4.69, 9.17) is 5.11 Å². The summed E-state index contributed by atoms with van der Waals surface area (Å²) in [5.41, 5.74) is -1.10. The highest BCUT2D eigenvalue weighted by atomic mass is 32.2. The molecule has 0 saturated carbocycles. The number of hydrogen-bond acceptors (Lipinski definition) is 5. The van der Waals surface area contributed by atoms with E-state index in [0.717, 1.165) is 4.31 Å². The van der Waals surface area contributed by atoms with Gasteiger partial charge in [0.1, 0.15) is 0 Å². The van der Waals surface area contributed by atoms with Crippen LogP contribution >= 0.6 is 0 Å². The maximum Gasteiger partial charge on any atom is 0.310 e. The first-order valence-electron chi connectivity index (χ1n) is 7.33. The molecule has 1 aliphatic rings. The number of nitrogens with zero attached hydrogens (tertiary/aromatic N) is 1. The third-order valence-electron chi connectivity index (χ3n) is 4.05. The number of sulfonamides is 2. The standard InChI is InChI=1S/C14H20N2O6S2/c1-14(13(17)18)7-9-16(11-14)23(19,20)10-8-15-24(21,22)12-5-3-2-4-6-12/h2-6,15H,7-11H2,1H3,(H,17,18). The van der Waals surface area contributed by atoms with Gasteiger partial charge in [0.05, 0.1) is 16.1 Å². The molecule has 2 rings (SSSR count). The molecule has 0 radical (unpaired) electrons. The number of rotatable bonds is 7. The van der Waals surface area contributed by atoms with Crippen LogP contribution in [0.3, 0.4) is 0 Å². The van der Waals surface area contributed by atoms with Gasteiger partial charge in [-0.25, -0.2) is 25.9 Å². The lowest BCUT2D eigenvalue weighted by Crippen LogP contribution is -2.39. The molecular weight excluding hydrogens is 356 g/mol. The quantitative estimate of drug-likeness (QED) is 0.696. The zero-order chi connectivity index (χ0) is 18.0. The smallest absolute Gasteiger partial charge is 0.310 e. The van der Waals surface area contributed by atoms with Gasteiger partial charge in [-0.05, 0) is 25.5 Å². The molecule has 10 heteroatoms. The lowest BCUT2D eigenvalue weighted by atomic mass is 9.90. The number of aliphatic carboxylic acids is 1. The molecule has 0 aromatic heterocycles. The fraction of sp³-hybridized carbons (Fsp3) is 0.500. The van der Waals surface area contributed by atoms with Gasteiger partial charge in [-0.2, -0.15) is 0 Å². The molecule has 1 unspecified atom stereocenters. The number of benzene rings is 1. The summed E-state index contributed by atoms with van der Waals surface area (Å²) in [6.07, 6.45) is 0.233. The van der Waals surface area contributed by atoms with Crippen molar-refractivity contribution in [2.75, 3.05) is 25.4 Å². The van der Waals surface area contributed by atoms with E-state index in [2.05, 4.69) is 4.72 Å². The van der Waals surface area contributed by atoms with Crippen LogP contribution in [0.5, 0.6) is 0 Å². The Balaban J connectivity index is 1.96. The van der Waals surface area contributed by atoms with Gasteiger partial charge in [-0.3, -0.25) is 4.79 Å². The van der Waals surface area contributed by atoms with Crippen molar-refractivity contribution < 1.29 is 26.7 Å². The number of hydrogen-bond donors (Lipinski definition) is 2. The van der Waals surface area contributed by atoms with Crippen molar-refractivity contribution in [2.24, 2.45) is 5.41 Å². The Kier molecular flexibility index (Phi) is 5.33. The van der Waals surface area contributed by atoms with Crippen LogP contribution in [0, 0.1) is 5.41 Å². The van der Waals surface area contributed by atoms with Crippen molar-refractivity contribution in [3.8, 4) is 0 Å². The van der Waals surface area contributed by atoms with Gasteiger partial charge in [0.25, 0.3) is 0 Å². The van der Waals surface area contributed by atoms with Crippen LogP contribution in [-0.2, 0) is 24.8 Å². The second kappa shape index (κ2) is 6.79. The number of carbonyl (C=O) groups is 1. The van der Waals surface area contributed by atoms with Crippen LogP contribution in [-0.4, -0.2) is 57.6 Å². The van der Waals surface area contributed by atoms with Crippen LogP contribution in [0.4, 0.5) is 0 Å². The lowest BCUT2D eigenvalue weighted by Gasteiger charge is -2.20. The van der Waals surface area contributed by atoms with Gasteiger partial charge >= 0.3 is 5.97 Å². The predicted molar refractivity (Wildman–Crippen MR) is 87.4 cm³/mol. The molecule has 1 aromatic carbocycles. The summed E-state index contributed by atoms with van der Waals surface area (Å²) in [4.78, 5) is 11.2. The summed E-state index contributed by atoms with van der Waals surface area (Å²) in [7, 11) is -7.50. The topological polar surface area (TPSA) is 121 Å². The molecule has 1 saturated heterocycles. The first-order chi connectivity index (χ1) is 11.1. The van der Waals surface area contributed by atoms with Crippen molar-refractivity contribution in [1.82, 2.24) is 9.03 Å². The zero-order valence-electron chi connectivity index (χ0n) is 13.2. The Morgan fingerprint density at radius 3 is 2.42 bits per heavy atom. The molecule has 1 fully saturated rings. The van der Waals surface area contributed by atoms with E-state index in [1.54, 1.807) is 18.2 Å². The minimum absolute atomic E-state index is 0.0574. The van der Waals surface area contributed by atoms with Crippen LogP contribution in [0.2, 0.25) is 0 Å². The van der Waals surface area contributed by atoms with Gasteiger partial charge in [-0.15, -0.1) is 0 Å². The number of nitrogens with one attached hydrogen (secondary N) is 1. The highest BCUT2D eigenvalue weighted by Gasteiger charge is 2.44. The minimum Gasteiger partial charge on any atom is -0.481 e. The second-order valence-electron chi connectivity index (χ2n) is 5.98. The van der Waals surface area contributed by atoms with E-state index < -0.39 is 37.2 Å². The molecule has 8 nitrogen and oxygen atoms in total. The second-order valence-corrected chi connectivity index (χ2v) is 9.83. The molecule has 0 aliphatic carbocycles. The molecule has 134 valence electrons. The van der Waals surface area contributed by atoms with E-state index >= 15 is 0 Å². The third-order valence-corrected chi connectivity index (χ3v) is 7.35. The average Bonchev–Trinajstić information content (AvgIpc) is 2.93. The maximum atomic E-state index is 12.3. The maximum absolute atomic E-state index is 12.3. The Labute approximate surface area is 141 Å². The van der Waals surface area contributed by atoms with E-state index in [1.165, 1.54) is 19.1 Å². The molecule has 0 spiro atoms. The fourth-order valence-electron chi connectivity index (χ4n) is 2.45. The van der Waals surface area contributed by atoms with Gasteiger partial charge in [-0.1, -0.05) is 18.2 Å². The fourth-order valence-corrected chi connectivity index (χ4v) is 5.10. The molecule has 0 amide bonds. The summed E-state index contributed by atoms with van der Waals surface area (Å²) >= 11 is 0. The van der Waals surface area contributed by atoms with Crippen molar-refractivity contribution >= 4 is 26.0 Å². The SMILES string of the molecule is CC1(C(=O)O)CCN(S(=O)(=O)CCNS(=O)(=O)c2ccccc2)C1. The summed E-state index contributed by atoms with van der Waals surface area (Å²) < 4.78 is 52.0. The van der Waals surface area contributed by atoms with E-state index in [0.29, 0.717) is 0 Å². The van der Waals surface area contributed by atoms with E-state index in [9.17, 15) is 21.6 Å². The van der Waals surface area contributed by atoms with Crippen LogP contribution in [0.15, 0.2) is 35.2 Å². The largest absolute Gasteiger partial charge is 0.481 e. The Bertz CT molecular complexity index is 807. The van der Waals surface area contributed by atoms with Crippen LogP contribution in [0.1, 0.15) is 13.3 Å². The lowest BCUT2D eigenvalue weighted by molar-refractivity contribution is -0.146. The average molecular weight is 376 g/mol. The van der Waals surface area contributed by atoms with Crippen LogP contribution < -0.4 is 4.72 Å². The van der Waals surface area contributed by atoms with Crippen molar-refractivity contribution in [3.05, 3.63) is 30.3 Å². The van der Waals surface area contributed by atoms with Crippen molar-refractivity contribution in [3.63, 3.8) is 0 Å². The monoisotopic (exact) mass is 376 g/mol. The number of carboxylic acids is 1. The highest BCUT2D eigenvalue weighted by molar-refractivity contribution is 7.90. The molecule has 24 heavy (non-hydrogen) atoms. The number of carboxylic acid groups (broad SMARTS) is 1. The Morgan fingerprint density at radius 2 is 1.88 bits per heavy atom. The van der Waals surface area contributed by atoms with Crippen molar-refractivity contribution in [1.29, 1.82) is 0 Å². The molecule has 1 aromatic rings.